The summed E-state index contributed by atoms with van der Waals surface area (Å²) in [6, 6.07) is 0. The van der Waals surface area contributed by atoms with Crippen molar-refractivity contribution in [2.45, 2.75) is 6.42 Å². The zero-order chi connectivity index (χ0) is 11.4. The molecule has 1 saturated heterocycles. The number of carbonyl (C=O) groups is 1. The van der Waals surface area contributed by atoms with Gasteiger partial charge in [0.1, 0.15) is 0 Å². The van der Waals surface area contributed by atoms with Crippen LogP contribution in [0.5, 0.6) is 0 Å². The number of carboxylic acid groups (broad SMARTS) is 1. The second-order valence-corrected chi connectivity index (χ2v) is 4.82. The molecule has 0 saturated carbocycles. The van der Waals surface area contributed by atoms with Gasteiger partial charge in [-0.2, -0.15) is 11.8 Å². The summed E-state index contributed by atoms with van der Waals surface area (Å²) in [7, 11) is 0. The molecule has 1 aromatic rings. The van der Waals surface area contributed by atoms with Gasteiger partial charge in [-0.1, -0.05) is 0 Å². The predicted molar refractivity (Wildman–Crippen MR) is 62.9 cm³/mol. The number of aromatic nitrogens is 2. The van der Waals surface area contributed by atoms with Gasteiger partial charge in [0.2, 0.25) is 0 Å². The Kier molecular flexibility index (Phi) is 3.61. The summed E-state index contributed by atoms with van der Waals surface area (Å²) < 4.78 is 0. The molecular weight excluding hydrogens is 226 g/mol. The summed E-state index contributed by atoms with van der Waals surface area (Å²) in [6.07, 6.45) is 4.07. The lowest BCUT2D eigenvalue weighted by Gasteiger charge is -2.11. The third kappa shape index (κ3) is 2.63. The van der Waals surface area contributed by atoms with Crippen molar-refractivity contribution in [3.63, 3.8) is 0 Å². The fourth-order valence-corrected chi connectivity index (χ4v) is 2.89. The Labute approximate surface area is 97.7 Å². The second-order valence-electron chi connectivity index (χ2n) is 3.67. The van der Waals surface area contributed by atoms with Gasteiger partial charge < -0.3 is 10.4 Å². The first-order valence-corrected chi connectivity index (χ1v) is 6.29. The van der Waals surface area contributed by atoms with Gasteiger partial charge in [-0.15, -0.1) is 0 Å². The van der Waals surface area contributed by atoms with Gasteiger partial charge in [-0.05, 0) is 23.8 Å². The van der Waals surface area contributed by atoms with E-state index in [-0.39, 0.29) is 5.69 Å². The van der Waals surface area contributed by atoms with Gasteiger partial charge in [-0.25, -0.2) is 14.8 Å². The van der Waals surface area contributed by atoms with Crippen LogP contribution >= 0.6 is 11.8 Å². The number of anilines is 1. The van der Waals surface area contributed by atoms with Gasteiger partial charge in [0.25, 0.3) is 0 Å². The number of nitrogens with zero attached hydrogens (tertiary/aromatic N) is 2. The molecule has 0 radical (unpaired) electrons. The van der Waals surface area contributed by atoms with E-state index >= 15 is 0 Å². The molecule has 1 aliphatic rings. The Bertz CT molecular complexity index is 380. The molecule has 1 fully saturated rings. The number of carboxylic acids is 1. The van der Waals surface area contributed by atoms with Crippen LogP contribution in [0.15, 0.2) is 12.4 Å². The van der Waals surface area contributed by atoms with Crippen LogP contribution in [0.2, 0.25) is 0 Å². The molecule has 1 atom stereocenters. The monoisotopic (exact) mass is 239 g/mol. The zero-order valence-electron chi connectivity index (χ0n) is 8.72. The highest BCUT2D eigenvalue weighted by Gasteiger charge is 2.17. The molecule has 1 aliphatic heterocycles. The summed E-state index contributed by atoms with van der Waals surface area (Å²) in [6.45, 7) is 0.770. The van der Waals surface area contributed by atoms with E-state index in [1.807, 2.05) is 11.8 Å². The fraction of sp³-hybridized carbons (Fsp3) is 0.500. The Morgan fingerprint density at radius 2 is 2.38 bits per heavy atom. The highest BCUT2D eigenvalue weighted by molar-refractivity contribution is 7.99. The zero-order valence-corrected chi connectivity index (χ0v) is 9.54. The average molecular weight is 239 g/mol. The van der Waals surface area contributed by atoms with Crippen LogP contribution < -0.4 is 5.32 Å². The van der Waals surface area contributed by atoms with Gasteiger partial charge in [0.05, 0.1) is 0 Å². The molecule has 2 heterocycles. The van der Waals surface area contributed by atoms with Crippen molar-refractivity contribution in [3.05, 3.63) is 18.1 Å². The number of aromatic carboxylic acids is 1. The standard InChI is InChI=1S/C10H13N3O2S/c14-10(15)8-9(12-3-2-11-8)13-5-7-1-4-16-6-7/h2-3,7H,1,4-6H2,(H,12,13)(H,14,15). The maximum Gasteiger partial charge on any atom is 0.358 e. The van der Waals surface area contributed by atoms with Gasteiger partial charge >= 0.3 is 5.97 Å². The second kappa shape index (κ2) is 5.16. The topological polar surface area (TPSA) is 75.1 Å². The minimum absolute atomic E-state index is 0.00634. The largest absolute Gasteiger partial charge is 0.476 e. The lowest BCUT2D eigenvalue weighted by molar-refractivity contribution is 0.0691. The molecule has 5 nitrogen and oxygen atoms in total. The molecule has 0 spiro atoms. The van der Waals surface area contributed by atoms with E-state index in [9.17, 15) is 4.79 Å². The Morgan fingerprint density at radius 3 is 3.06 bits per heavy atom. The van der Waals surface area contributed by atoms with Crippen LogP contribution in [0, 0.1) is 5.92 Å². The molecule has 6 heteroatoms. The molecule has 2 rings (SSSR count). The summed E-state index contributed by atoms with van der Waals surface area (Å²) in [5, 5.41) is 12.0. The van der Waals surface area contributed by atoms with Crippen molar-refractivity contribution in [1.29, 1.82) is 0 Å². The normalized spacial score (nSPS) is 19.6. The molecule has 86 valence electrons. The molecule has 0 amide bonds. The Balaban J connectivity index is 2.00. The number of hydrogen-bond acceptors (Lipinski definition) is 5. The van der Waals surface area contributed by atoms with E-state index < -0.39 is 5.97 Å². The number of nitrogens with one attached hydrogen (secondary N) is 1. The SMILES string of the molecule is O=C(O)c1nccnc1NCC1CCSC1. The lowest BCUT2D eigenvalue weighted by atomic mass is 10.1. The molecule has 0 aromatic carbocycles. The molecule has 1 aromatic heterocycles. The Hall–Kier alpha value is -1.30. The summed E-state index contributed by atoms with van der Waals surface area (Å²) >= 11 is 1.94. The lowest BCUT2D eigenvalue weighted by Crippen LogP contribution is -2.17. The van der Waals surface area contributed by atoms with E-state index in [2.05, 4.69) is 15.3 Å². The maximum absolute atomic E-state index is 10.9. The van der Waals surface area contributed by atoms with Crippen molar-refractivity contribution >= 4 is 23.5 Å². The van der Waals surface area contributed by atoms with E-state index in [1.54, 1.807) is 0 Å². The number of thioether (sulfide) groups is 1. The average Bonchev–Trinajstić information content (AvgIpc) is 2.79. The molecule has 0 aliphatic carbocycles. The summed E-state index contributed by atoms with van der Waals surface area (Å²) in [4.78, 5) is 18.7. The van der Waals surface area contributed by atoms with E-state index in [4.69, 9.17) is 5.11 Å². The van der Waals surface area contributed by atoms with E-state index in [0.717, 1.165) is 12.3 Å². The molecule has 2 N–H and O–H groups in total. The first-order chi connectivity index (χ1) is 7.77. The van der Waals surface area contributed by atoms with E-state index in [0.29, 0.717) is 11.7 Å². The van der Waals surface area contributed by atoms with Crippen molar-refractivity contribution in [3.8, 4) is 0 Å². The quantitative estimate of drug-likeness (QED) is 0.826. The van der Waals surface area contributed by atoms with Crippen LogP contribution in [0.1, 0.15) is 16.9 Å². The highest BCUT2D eigenvalue weighted by Crippen LogP contribution is 2.23. The first kappa shape index (κ1) is 11.2. The van der Waals surface area contributed by atoms with Gasteiger partial charge in [-0.3, -0.25) is 0 Å². The summed E-state index contributed by atoms with van der Waals surface area (Å²) in [5.41, 5.74) is -0.00634. The third-order valence-electron chi connectivity index (χ3n) is 2.48. The molecule has 16 heavy (non-hydrogen) atoms. The smallest absolute Gasteiger partial charge is 0.358 e. The van der Waals surface area contributed by atoms with Crippen LogP contribution in [0.3, 0.4) is 0 Å². The molecule has 1 unspecified atom stereocenters. The minimum Gasteiger partial charge on any atom is -0.476 e. The minimum atomic E-state index is -1.05. The van der Waals surface area contributed by atoms with Crippen LogP contribution in [0.25, 0.3) is 0 Å². The van der Waals surface area contributed by atoms with Crippen LogP contribution in [-0.2, 0) is 0 Å². The predicted octanol–water partition coefficient (Wildman–Crippen LogP) is 1.34. The van der Waals surface area contributed by atoms with E-state index in [1.165, 1.54) is 24.6 Å². The maximum atomic E-state index is 10.9. The van der Waals surface area contributed by atoms with Gasteiger partial charge in [0, 0.05) is 18.9 Å². The van der Waals surface area contributed by atoms with Crippen LogP contribution in [0.4, 0.5) is 5.82 Å². The number of rotatable bonds is 4. The van der Waals surface area contributed by atoms with Crippen molar-refractivity contribution < 1.29 is 9.90 Å². The van der Waals surface area contributed by atoms with Gasteiger partial charge in [0.15, 0.2) is 11.5 Å². The highest BCUT2D eigenvalue weighted by atomic mass is 32.2. The first-order valence-electron chi connectivity index (χ1n) is 5.13. The Morgan fingerprint density at radius 1 is 1.56 bits per heavy atom. The third-order valence-corrected chi connectivity index (χ3v) is 3.71. The fourth-order valence-electron chi connectivity index (χ4n) is 1.61. The summed E-state index contributed by atoms with van der Waals surface area (Å²) in [5.74, 6) is 2.26. The number of hydrogen-bond donors (Lipinski definition) is 2. The molecular formula is C10H13N3O2S. The molecule has 0 bridgehead atoms. The van der Waals surface area contributed by atoms with Crippen molar-refractivity contribution in [2.75, 3.05) is 23.4 Å². The van der Waals surface area contributed by atoms with Crippen LogP contribution in [-0.4, -0.2) is 39.1 Å². The van der Waals surface area contributed by atoms with Crippen molar-refractivity contribution in [1.82, 2.24) is 9.97 Å². The van der Waals surface area contributed by atoms with Crippen molar-refractivity contribution in [2.24, 2.45) is 5.92 Å².